The number of hydrogen-bond donors (Lipinski definition) is 2. The topological polar surface area (TPSA) is 113 Å². The molecule has 1 aliphatic heterocycles. The number of amides is 3. The number of halogens is 3. The molecule has 3 amide bonds. The van der Waals surface area contributed by atoms with Crippen LogP contribution in [0.3, 0.4) is 0 Å². The second-order valence-electron chi connectivity index (χ2n) is 9.62. The Morgan fingerprint density at radius 1 is 1.07 bits per heavy atom. The first-order valence-corrected chi connectivity index (χ1v) is 13.4. The van der Waals surface area contributed by atoms with E-state index in [4.69, 9.17) is 4.74 Å². The second kappa shape index (κ2) is 12.3. The minimum atomic E-state index is -4.59. The summed E-state index contributed by atoms with van der Waals surface area (Å²) >= 11 is 0. The number of carbonyl (C=O) groups is 2. The number of alkyl halides is 3. The van der Waals surface area contributed by atoms with E-state index in [0.29, 0.717) is 41.7 Å². The number of rotatable bonds is 9. The van der Waals surface area contributed by atoms with Crippen LogP contribution in [0.1, 0.15) is 34.1 Å². The first-order chi connectivity index (χ1) is 20.7. The van der Waals surface area contributed by atoms with Gasteiger partial charge in [-0.25, -0.2) is 9.78 Å². The molecule has 0 unspecified atom stereocenters. The molecule has 1 aliphatic rings. The Morgan fingerprint density at radius 3 is 2.63 bits per heavy atom. The fraction of sp³-hybridized carbons (Fsp3) is 0.233. The lowest BCUT2D eigenvalue weighted by Gasteiger charge is -2.36. The molecular weight excluding hydrogens is 563 g/mol. The third kappa shape index (κ3) is 6.66. The van der Waals surface area contributed by atoms with Crippen molar-refractivity contribution in [1.82, 2.24) is 15.0 Å². The van der Waals surface area contributed by atoms with Gasteiger partial charge in [0.1, 0.15) is 11.6 Å². The fourth-order valence-electron chi connectivity index (χ4n) is 4.61. The van der Waals surface area contributed by atoms with Crippen molar-refractivity contribution in [2.45, 2.75) is 26.1 Å². The van der Waals surface area contributed by atoms with E-state index in [2.05, 4.69) is 25.6 Å². The first-order valence-electron chi connectivity index (χ1n) is 13.4. The van der Waals surface area contributed by atoms with Gasteiger partial charge in [0.05, 0.1) is 24.9 Å². The van der Waals surface area contributed by atoms with E-state index >= 15 is 0 Å². The Morgan fingerprint density at radius 2 is 1.91 bits per heavy atom. The molecule has 0 saturated heterocycles. The third-order valence-electron chi connectivity index (χ3n) is 6.69. The van der Waals surface area contributed by atoms with Gasteiger partial charge in [0.15, 0.2) is 0 Å². The van der Waals surface area contributed by atoms with Crippen LogP contribution >= 0.6 is 0 Å². The Balaban J connectivity index is 1.46. The molecule has 2 aromatic heterocycles. The maximum Gasteiger partial charge on any atom is 0.416 e. The van der Waals surface area contributed by atoms with Crippen LogP contribution in [0.25, 0.3) is 0 Å². The maximum atomic E-state index is 14.0. The van der Waals surface area contributed by atoms with Crippen LogP contribution < -0.4 is 25.2 Å². The molecule has 0 aliphatic carbocycles. The molecule has 0 atom stereocenters. The number of nitrogens with one attached hydrogen (secondary N) is 2. The minimum Gasteiger partial charge on any atom is -0.497 e. The fourth-order valence-corrected chi connectivity index (χ4v) is 4.61. The van der Waals surface area contributed by atoms with Crippen molar-refractivity contribution in [2.75, 3.05) is 40.6 Å². The number of methoxy groups -OCH3 is 1. The zero-order valence-electron chi connectivity index (χ0n) is 23.4. The number of fused-ring (bicyclic) bond motifs is 1. The van der Waals surface area contributed by atoms with Crippen molar-refractivity contribution in [3.8, 4) is 5.75 Å². The monoisotopic (exact) mass is 591 g/mol. The molecule has 5 rings (SSSR count). The summed E-state index contributed by atoms with van der Waals surface area (Å²) in [5, 5.41) is 5.70. The summed E-state index contributed by atoms with van der Waals surface area (Å²) < 4.78 is 45.0. The average molecular weight is 592 g/mol. The molecular formula is C30H28F3N7O3. The highest BCUT2D eigenvalue weighted by Crippen LogP contribution is 2.35. The zero-order chi connectivity index (χ0) is 30.6. The van der Waals surface area contributed by atoms with E-state index in [1.807, 2.05) is 25.1 Å². The molecule has 10 nitrogen and oxygen atoms in total. The highest BCUT2D eigenvalue weighted by atomic mass is 19.4. The molecule has 2 aromatic carbocycles. The number of carbonyl (C=O) groups excluding carboxylic acids is 2. The quantitative estimate of drug-likeness (QED) is 0.254. The Labute approximate surface area is 245 Å². The van der Waals surface area contributed by atoms with Crippen LogP contribution in [0.2, 0.25) is 0 Å². The second-order valence-corrected chi connectivity index (χ2v) is 9.62. The minimum absolute atomic E-state index is 0.134. The van der Waals surface area contributed by atoms with Crippen molar-refractivity contribution in [3.63, 3.8) is 0 Å². The molecule has 0 radical (unpaired) electrons. The molecule has 0 saturated carbocycles. The van der Waals surface area contributed by atoms with Crippen LogP contribution in [-0.2, 0) is 19.1 Å². The van der Waals surface area contributed by atoms with E-state index < -0.39 is 17.6 Å². The Hall–Kier alpha value is -5.20. The van der Waals surface area contributed by atoms with Crippen LogP contribution in [0.15, 0.2) is 73.1 Å². The Bertz CT molecular complexity index is 1630. The van der Waals surface area contributed by atoms with Crippen molar-refractivity contribution in [2.24, 2.45) is 0 Å². The summed E-state index contributed by atoms with van der Waals surface area (Å²) in [5.74, 6) is 0.451. The molecule has 0 fully saturated rings. The molecule has 4 aromatic rings. The predicted molar refractivity (Wildman–Crippen MR) is 155 cm³/mol. The van der Waals surface area contributed by atoms with Crippen LogP contribution in [0.4, 0.5) is 41.1 Å². The molecule has 222 valence electrons. The number of ether oxygens (including phenoxy) is 1. The molecule has 3 heterocycles. The number of nitrogens with zero attached hydrogens (tertiary/aromatic N) is 5. The predicted octanol–water partition coefficient (Wildman–Crippen LogP) is 5.77. The largest absolute Gasteiger partial charge is 0.497 e. The third-order valence-corrected chi connectivity index (χ3v) is 6.69. The van der Waals surface area contributed by atoms with Gasteiger partial charge in [0.2, 0.25) is 5.95 Å². The van der Waals surface area contributed by atoms with Gasteiger partial charge in [-0.05, 0) is 43.3 Å². The van der Waals surface area contributed by atoms with Crippen LogP contribution in [-0.4, -0.2) is 47.1 Å². The summed E-state index contributed by atoms with van der Waals surface area (Å²) in [6.45, 7) is 2.94. The summed E-state index contributed by atoms with van der Waals surface area (Å²) in [6.07, 6.45) is -0.783. The lowest BCUT2D eigenvalue weighted by Crippen LogP contribution is -2.48. The number of urea groups is 1. The van der Waals surface area contributed by atoms with Gasteiger partial charge in [-0.3, -0.25) is 19.6 Å². The zero-order valence-corrected chi connectivity index (χ0v) is 23.4. The molecule has 0 spiro atoms. The van der Waals surface area contributed by atoms with Crippen molar-refractivity contribution < 1.29 is 27.5 Å². The van der Waals surface area contributed by atoms with Gasteiger partial charge in [-0.1, -0.05) is 12.1 Å². The van der Waals surface area contributed by atoms with Crippen LogP contribution in [0, 0.1) is 0 Å². The van der Waals surface area contributed by atoms with Gasteiger partial charge in [0.25, 0.3) is 5.91 Å². The van der Waals surface area contributed by atoms with Crippen LogP contribution in [0.5, 0.6) is 5.75 Å². The molecule has 2 N–H and O–H groups in total. The number of aromatic nitrogens is 3. The normalized spacial score (nSPS) is 13.0. The summed E-state index contributed by atoms with van der Waals surface area (Å²) in [5.41, 5.74) is 1.02. The average Bonchev–Trinajstić information content (AvgIpc) is 3.00. The van der Waals surface area contributed by atoms with E-state index in [0.717, 1.165) is 17.8 Å². The van der Waals surface area contributed by atoms with Gasteiger partial charge in [-0.2, -0.15) is 18.2 Å². The standard InChI is InChI=1S/C30H28F3N7O3/c1-3-34-28-36-17-20-18-40(29(42)39(26(20)38-28)12-10-22-9-4-5-11-35-22)24-14-23(15-25(16-24)43-2)37-27(41)19-7-6-8-21(13-19)30(31,32)33/h4-9,11,13-17H,3,10,12,18H2,1-2H3,(H,37,41)(H,34,36,38). The number of benzene rings is 2. The summed E-state index contributed by atoms with van der Waals surface area (Å²) in [4.78, 5) is 43.3. The van der Waals surface area contributed by atoms with Crippen molar-refractivity contribution in [1.29, 1.82) is 0 Å². The molecule has 43 heavy (non-hydrogen) atoms. The molecule has 13 heteroatoms. The highest BCUT2D eigenvalue weighted by Gasteiger charge is 2.34. The maximum absolute atomic E-state index is 14.0. The van der Waals surface area contributed by atoms with Crippen molar-refractivity contribution in [3.05, 3.63) is 95.4 Å². The highest BCUT2D eigenvalue weighted by molar-refractivity contribution is 6.07. The van der Waals surface area contributed by atoms with E-state index in [-0.39, 0.29) is 30.4 Å². The lowest BCUT2D eigenvalue weighted by molar-refractivity contribution is -0.137. The SMILES string of the molecule is CCNc1ncc2c(n1)N(CCc1ccccn1)C(=O)N(c1cc(NC(=O)c3cccc(C(F)(F)F)c3)cc(OC)c1)C2. The Kier molecular flexibility index (Phi) is 8.41. The van der Waals surface area contributed by atoms with Gasteiger partial charge >= 0.3 is 12.2 Å². The van der Waals surface area contributed by atoms with E-state index in [1.165, 1.54) is 30.2 Å². The first kappa shape index (κ1) is 29.3. The van der Waals surface area contributed by atoms with Gasteiger partial charge < -0.3 is 15.4 Å². The number of pyridine rings is 1. The summed E-state index contributed by atoms with van der Waals surface area (Å²) in [7, 11) is 1.43. The number of hydrogen-bond acceptors (Lipinski definition) is 7. The van der Waals surface area contributed by atoms with E-state index in [1.54, 1.807) is 29.4 Å². The molecule has 0 bridgehead atoms. The van der Waals surface area contributed by atoms with Gasteiger partial charge in [0, 0.05) is 66.5 Å². The van der Waals surface area contributed by atoms with E-state index in [9.17, 15) is 22.8 Å². The smallest absolute Gasteiger partial charge is 0.416 e. The van der Waals surface area contributed by atoms with Gasteiger partial charge in [-0.15, -0.1) is 0 Å². The van der Waals surface area contributed by atoms with Crippen molar-refractivity contribution >= 4 is 35.1 Å². The lowest BCUT2D eigenvalue weighted by atomic mass is 10.1. The number of anilines is 4. The summed E-state index contributed by atoms with van der Waals surface area (Å²) in [6, 6.07) is 14.0.